The van der Waals surface area contributed by atoms with E-state index in [9.17, 15) is 25.9 Å². The number of hydrogen-bond acceptors (Lipinski definition) is 7. The van der Waals surface area contributed by atoms with Gasteiger partial charge in [0.15, 0.2) is 0 Å². The number of aryl methyl sites for hydroxylation is 1. The van der Waals surface area contributed by atoms with Gasteiger partial charge in [0.25, 0.3) is 25.2 Å². The number of thiazole rings is 1. The van der Waals surface area contributed by atoms with Crippen molar-refractivity contribution in [3.8, 4) is 0 Å². The number of allylic oxidation sites excluding steroid dienone is 6. The van der Waals surface area contributed by atoms with Gasteiger partial charge in [-0.1, -0.05) is 65.6 Å². The Morgan fingerprint density at radius 1 is 0.950 bits per heavy atom. The van der Waals surface area contributed by atoms with Crippen LogP contribution in [0.2, 0.25) is 0 Å². The molecule has 12 heteroatoms. The van der Waals surface area contributed by atoms with Crippen molar-refractivity contribution in [2.75, 3.05) is 11.4 Å². The second-order valence-corrected chi connectivity index (χ2v) is 15.3. The van der Waals surface area contributed by atoms with Gasteiger partial charge >= 0.3 is 0 Å². The van der Waals surface area contributed by atoms with Gasteiger partial charge in [0.2, 0.25) is 9.60 Å². The highest BCUT2D eigenvalue weighted by Crippen LogP contribution is 2.46. The van der Waals surface area contributed by atoms with Crippen LogP contribution in [-0.2, 0) is 26.8 Å². The van der Waals surface area contributed by atoms with Gasteiger partial charge in [-0.3, -0.25) is 9.11 Å². The fraction of sp³-hybridized carbons (Fsp3) is 0.250. The summed E-state index contributed by atoms with van der Waals surface area (Å²) in [6.45, 7) is 5.45. The first-order chi connectivity index (χ1) is 19.0. The Hall–Kier alpha value is -2.74. The van der Waals surface area contributed by atoms with Gasteiger partial charge in [0, 0.05) is 36.4 Å². The first-order valence-electron chi connectivity index (χ1n) is 12.7. The molecule has 0 bridgehead atoms. The van der Waals surface area contributed by atoms with Gasteiger partial charge in [-0.2, -0.15) is 21.4 Å². The van der Waals surface area contributed by atoms with E-state index in [0.717, 1.165) is 30.8 Å². The molecular formula is C28H29N2O6S4+. The zero-order valence-electron chi connectivity index (χ0n) is 21.9. The second kappa shape index (κ2) is 10.9. The highest BCUT2D eigenvalue weighted by Gasteiger charge is 2.56. The highest BCUT2D eigenvalue weighted by molar-refractivity contribution is 8.05. The largest absolute Gasteiger partial charge is 0.335 e. The van der Waals surface area contributed by atoms with Crippen LogP contribution in [0, 0.1) is 0 Å². The summed E-state index contributed by atoms with van der Waals surface area (Å²) >= 11 is 3.11. The van der Waals surface area contributed by atoms with Crippen LogP contribution in [0.15, 0.2) is 93.9 Å². The van der Waals surface area contributed by atoms with E-state index in [4.69, 9.17) is 0 Å². The second-order valence-electron chi connectivity index (χ2n) is 9.48. The fourth-order valence-electron chi connectivity index (χ4n) is 5.10. The standard InChI is InChI=1S/C28H28N2O6S4/c1-3-29-22-9-5-7-11-24(22)37-26(29)15-13-20-17-21(19-28(18-20,39(31,32)33)40(34,35)36)14-16-27-30(4-2)23-10-6-8-12-25(23)38-27/h5-17H,3-4,18-19H2,1-2H3,(H-,31,32,33,34,35,36)/p+1. The molecule has 2 N–H and O–H groups in total. The molecule has 1 aliphatic carbocycles. The molecule has 0 radical (unpaired) electrons. The monoisotopic (exact) mass is 617 g/mol. The van der Waals surface area contributed by atoms with Crippen LogP contribution in [-0.4, -0.2) is 36.6 Å². The number of aromatic nitrogens is 1. The van der Waals surface area contributed by atoms with E-state index in [1.54, 1.807) is 41.3 Å². The van der Waals surface area contributed by atoms with Crippen LogP contribution in [0.4, 0.5) is 5.69 Å². The number of nitrogens with zero attached hydrogens (tertiary/aromatic N) is 2. The van der Waals surface area contributed by atoms with Crippen molar-refractivity contribution in [1.82, 2.24) is 0 Å². The predicted molar refractivity (Wildman–Crippen MR) is 161 cm³/mol. The maximum absolute atomic E-state index is 12.6. The number of para-hydroxylation sites is 2. The molecule has 5 rings (SSSR count). The minimum atomic E-state index is -5.22. The van der Waals surface area contributed by atoms with E-state index in [0.29, 0.717) is 24.2 Å². The minimum Gasteiger partial charge on any atom is -0.335 e. The Labute approximate surface area is 242 Å². The number of rotatable bonds is 7. The summed E-state index contributed by atoms with van der Waals surface area (Å²) in [5.41, 5.74) is 2.81. The van der Waals surface area contributed by atoms with Crippen LogP contribution in [0.3, 0.4) is 0 Å². The van der Waals surface area contributed by atoms with E-state index < -0.39 is 37.2 Å². The SMILES string of the molecule is CCN1/C(=C/C=C2C=C(/C=C/c3sc4ccccc4[n+]3CC)CC(S(=O)(=O)O)(S(=O)(=O)O)C/2)Sc2ccccc21. The third kappa shape index (κ3) is 5.19. The Morgan fingerprint density at radius 3 is 2.35 bits per heavy atom. The van der Waals surface area contributed by atoms with Crippen LogP contribution < -0.4 is 9.47 Å². The summed E-state index contributed by atoms with van der Waals surface area (Å²) in [5, 5.41) is 1.79. The summed E-state index contributed by atoms with van der Waals surface area (Å²) in [6, 6.07) is 15.9. The van der Waals surface area contributed by atoms with Crippen LogP contribution in [0.1, 0.15) is 31.7 Å². The highest BCUT2D eigenvalue weighted by atomic mass is 32.3. The number of anilines is 1. The van der Waals surface area contributed by atoms with Crippen molar-refractivity contribution >= 4 is 65.3 Å². The molecule has 0 atom stereocenters. The normalized spacial score (nSPS) is 19.6. The molecule has 40 heavy (non-hydrogen) atoms. The first-order valence-corrected chi connectivity index (χ1v) is 17.2. The Kier molecular flexibility index (Phi) is 7.85. The van der Waals surface area contributed by atoms with Gasteiger partial charge in [-0.15, -0.1) is 0 Å². The molecule has 2 heterocycles. The molecule has 0 amide bonds. The number of benzene rings is 2. The van der Waals surface area contributed by atoms with E-state index in [1.165, 1.54) is 0 Å². The molecule has 210 valence electrons. The minimum absolute atomic E-state index is 0.348. The van der Waals surface area contributed by atoms with Crippen LogP contribution in [0.5, 0.6) is 0 Å². The molecular weight excluding hydrogens is 589 g/mol. The molecule has 1 aliphatic heterocycles. The smallest absolute Gasteiger partial charge is 0.288 e. The molecule has 2 aromatic carbocycles. The molecule has 8 nitrogen and oxygen atoms in total. The predicted octanol–water partition coefficient (Wildman–Crippen LogP) is 5.81. The van der Waals surface area contributed by atoms with Crippen LogP contribution in [0.25, 0.3) is 16.3 Å². The summed E-state index contributed by atoms with van der Waals surface area (Å²) in [5.74, 6) is 0. The summed E-state index contributed by atoms with van der Waals surface area (Å²) in [6.07, 6.45) is 7.46. The summed E-state index contributed by atoms with van der Waals surface area (Å²) in [4.78, 5) is 3.18. The third-order valence-corrected chi connectivity index (χ3v) is 13.0. The average molecular weight is 618 g/mol. The van der Waals surface area contributed by atoms with E-state index in [1.807, 2.05) is 74.5 Å². The molecule has 0 unspecified atom stereocenters. The Bertz CT molecular complexity index is 1790. The Balaban J connectivity index is 1.59. The van der Waals surface area contributed by atoms with Gasteiger partial charge in [0.1, 0.15) is 11.2 Å². The van der Waals surface area contributed by atoms with Gasteiger partial charge < -0.3 is 4.90 Å². The molecule has 0 saturated carbocycles. The van der Waals surface area contributed by atoms with Gasteiger partial charge in [0.05, 0.1) is 10.7 Å². The third-order valence-electron chi connectivity index (χ3n) is 7.04. The number of fused-ring (bicyclic) bond motifs is 2. The molecule has 2 aliphatic rings. The fourth-order valence-corrected chi connectivity index (χ4v) is 9.82. The van der Waals surface area contributed by atoms with Gasteiger partial charge in [-0.25, -0.2) is 0 Å². The topological polar surface area (TPSA) is 116 Å². The lowest BCUT2D eigenvalue weighted by Crippen LogP contribution is -2.47. The van der Waals surface area contributed by atoms with Crippen molar-refractivity contribution in [2.45, 2.75) is 42.2 Å². The first kappa shape index (κ1) is 28.8. The van der Waals surface area contributed by atoms with Crippen molar-refractivity contribution in [3.05, 3.63) is 94.0 Å². The van der Waals surface area contributed by atoms with Crippen molar-refractivity contribution in [1.29, 1.82) is 0 Å². The maximum atomic E-state index is 12.6. The quantitative estimate of drug-likeness (QED) is 0.252. The van der Waals surface area contributed by atoms with E-state index >= 15 is 0 Å². The van der Waals surface area contributed by atoms with E-state index in [-0.39, 0.29) is 0 Å². The molecule has 3 aromatic rings. The van der Waals surface area contributed by atoms with Crippen molar-refractivity contribution in [3.63, 3.8) is 0 Å². The Morgan fingerprint density at radius 2 is 1.65 bits per heavy atom. The molecule has 0 spiro atoms. The van der Waals surface area contributed by atoms with Gasteiger partial charge in [-0.05, 0) is 49.3 Å². The lowest BCUT2D eigenvalue weighted by molar-refractivity contribution is -0.665. The summed E-state index contributed by atoms with van der Waals surface area (Å²) in [7, 11) is -10.4. The maximum Gasteiger partial charge on any atom is 0.288 e. The summed E-state index contributed by atoms with van der Waals surface area (Å²) < 4.78 is 70.8. The van der Waals surface area contributed by atoms with E-state index in [2.05, 4.69) is 9.47 Å². The van der Waals surface area contributed by atoms with Crippen molar-refractivity contribution < 1.29 is 30.5 Å². The molecule has 0 saturated heterocycles. The average Bonchev–Trinajstić information content (AvgIpc) is 3.46. The lowest BCUT2D eigenvalue weighted by Gasteiger charge is -2.31. The van der Waals surface area contributed by atoms with Crippen LogP contribution >= 0.6 is 23.1 Å². The van der Waals surface area contributed by atoms with Crippen molar-refractivity contribution in [2.24, 2.45) is 0 Å². The molecule has 0 fully saturated rings. The zero-order chi connectivity index (χ0) is 28.7. The number of thioether (sulfide) groups is 1. The molecule has 1 aromatic heterocycles. The lowest BCUT2D eigenvalue weighted by atomic mass is 9.93. The zero-order valence-corrected chi connectivity index (χ0v) is 25.2. The number of hydrogen-bond donors (Lipinski definition) is 2.